The van der Waals surface area contributed by atoms with Crippen molar-refractivity contribution >= 4 is 11.8 Å². The number of carbonyl (C=O) groups excluding carboxylic acids is 2. The molecule has 22 heavy (non-hydrogen) atoms. The van der Waals surface area contributed by atoms with Crippen LogP contribution in [0, 0.1) is 5.92 Å². The van der Waals surface area contributed by atoms with Crippen molar-refractivity contribution in [2.75, 3.05) is 26.2 Å². The molecule has 1 saturated heterocycles. The van der Waals surface area contributed by atoms with Gasteiger partial charge in [0.05, 0.1) is 11.5 Å². The Hall–Kier alpha value is -1.31. The standard InChI is InChI=1S/C14H24F3N3O2/c1-4-19(9-14(15,16)17)11(21)10-6-5-7-20(8-10)12(22)13(2,3)18/h10H,4-9,18H2,1-3H3. The Bertz CT molecular complexity index is 419. The normalized spacial score (nSPS) is 20.0. The number of nitrogens with zero attached hydrogens (tertiary/aromatic N) is 2. The molecule has 1 unspecified atom stereocenters. The number of likely N-dealkylation sites (tertiary alicyclic amines) is 1. The van der Waals surface area contributed by atoms with E-state index in [1.54, 1.807) is 13.8 Å². The summed E-state index contributed by atoms with van der Waals surface area (Å²) in [7, 11) is 0. The topological polar surface area (TPSA) is 66.6 Å². The summed E-state index contributed by atoms with van der Waals surface area (Å²) in [6.45, 7) is 4.01. The van der Waals surface area contributed by atoms with E-state index in [4.69, 9.17) is 5.73 Å². The van der Waals surface area contributed by atoms with Crippen molar-refractivity contribution in [3.63, 3.8) is 0 Å². The zero-order chi connectivity index (χ0) is 17.1. The number of hydrogen-bond acceptors (Lipinski definition) is 3. The summed E-state index contributed by atoms with van der Waals surface area (Å²) in [5.74, 6) is -1.43. The first-order chi connectivity index (χ1) is 9.95. The SMILES string of the molecule is CCN(CC(F)(F)F)C(=O)C1CCCN(C(=O)C(C)(C)N)C1. The predicted octanol–water partition coefficient (Wildman–Crippen LogP) is 1.37. The van der Waals surface area contributed by atoms with Crippen LogP contribution in [-0.2, 0) is 9.59 Å². The molecule has 0 aromatic rings. The molecule has 5 nitrogen and oxygen atoms in total. The second-order valence-electron chi connectivity index (χ2n) is 6.28. The molecule has 0 radical (unpaired) electrons. The number of alkyl halides is 3. The molecular formula is C14H24F3N3O2. The maximum Gasteiger partial charge on any atom is 0.406 e. The van der Waals surface area contributed by atoms with Gasteiger partial charge >= 0.3 is 6.18 Å². The predicted molar refractivity (Wildman–Crippen MR) is 75.9 cm³/mol. The van der Waals surface area contributed by atoms with Crippen LogP contribution in [0.15, 0.2) is 0 Å². The summed E-state index contributed by atoms with van der Waals surface area (Å²) in [5.41, 5.74) is 4.71. The number of hydrogen-bond donors (Lipinski definition) is 1. The van der Waals surface area contributed by atoms with Crippen LogP contribution in [0.1, 0.15) is 33.6 Å². The van der Waals surface area contributed by atoms with Crippen LogP contribution < -0.4 is 5.73 Å². The van der Waals surface area contributed by atoms with Gasteiger partial charge in [0.15, 0.2) is 0 Å². The van der Waals surface area contributed by atoms with Gasteiger partial charge in [-0.15, -0.1) is 0 Å². The fraction of sp³-hybridized carbons (Fsp3) is 0.857. The van der Waals surface area contributed by atoms with Crippen molar-refractivity contribution < 1.29 is 22.8 Å². The molecule has 1 fully saturated rings. The molecule has 1 heterocycles. The number of nitrogens with two attached hydrogens (primary N) is 1. The van der Waals surface area contributed by atoms with Gasteiger partial charge in [-0.25, -0.2) is 0 Å². The number of carbonyl (C=O) groups is 2. The van der Waals surface area contributed by atoms with Crippen molar-refractivity contribution in [1.82, 2.24) is 9.80 Å². The lowest BCUT2D eigenvalue weighted by molar-refractivity contribution is -0.165. The van der Waals surface area contributed by atoms with Crippen LogP contribution in [0.25, 0.3) is 0 Å². The average Bonchev–Trinajstić information content (AvgIpc) is 2.41. The fourth-order valence-corrected chi connectivity index (χ4v) is 2.59. The molecule has 0 bridgehead atoms. The fourth-order valence-electron chi connectivity index (χ4n) is 2.59. The van der Waals surface area contributed by atoms with Gasteiger partial charge in [0.25, 0.3) is 0 Å². The highest BCUT2D eigenvalue weighted by Crippen LogP contribution is 2.23. The number of halogens is 3. The molecule has 0 aliphatic carbocycles. The van der Waals surface area contributed by atoms with Gasteiger partial charge in [-0.2, -0.15) is 13.2 Å². The Balaban J connectivity index is 2.75. The van der Waals surface area contributed by atoms with E-state index in [1.807, 2.05) is 0 Å². The highest BCUT2D eigenvalue weighted by Gasteiger charge is 2.38. The van der Waals surface area contributed by atoms with Crippen LogP contribution in [0.4, 0.5) is 13.2 Å². The van der Waals surface area contributed by atoms with Crippen molar-refractivity contribution in [2.45, 2.75) is 45.3 Å². The number of amides is 2. The second kappa shape index (κ2) is 6.85. The average molecular weight is 323 g/mol. The van der Waals surface area contributed by atoms with Crippen LogP contribution in [-0.4, -0.2) is 59.5 Å². The van der Waals surface area contributed by atoms with Gasteiger partial charge < -0.3 is 15.5 Å². The first kappa shape index (κ1) is 18.7. The summed E-state index contributed by atoms with van der Waals surface area (Å²) < 4.78 is 37.5. The highest BCUT2D eigenvalue weighted by molar-refractivity contribution is 5.86. The molecule has 0 aromatic heterocycles. The van der Waals surface area contributed by atoms with E-state index >= 15 is 0 Å². The molecule has 2 N–H and O–H groups in total. The summed E-state index contributed by atoms with van der Waals surface area (Å²) >= 11 is 0. The Morgan fingerprint density at radius 2 is 1.91 bits per heavy atom. The molecule has 1 rings (SSSR count). The summed E-state index contributed by atoms with van der Waals surface area (Å²) in [5, 5.41) is 0. The summed E-state index contributed by atoms with van der Waals surface area (Å²) in [4.78, 5) is 26.7. The zero-order valence-electron chi connectivity index (χ0n) is 13.2. The maximum atomic E-state index is 12.5. The summed E-state index contributed by atoms with van der Waals surface area (Å²) in [6, 6.07) is 0. The lowest BCUT2D eigenvalue weighted by Crippen LogP contribution is -2.55. The van der Waals surface area contributed by atoms with Crippen molar-refractivity contribution in [3.8, 4) is 0 Å². The van der Waals surface area contributed by atoms with Gasteiger partial charge in [-0.3, -0.25) is 9.59 Å². The van der Waals surface area contributed by atoms with Gasteiger partial charge in [0.2, 0.25) is 11.8 Å². The molecule has 0 spiro atoms. The van der Waals surface area contributed by atoms with Gasteiger partial charge in [-0.05, 0) is 33.6 Å². The van der Waals surface area contributed by atoms with Crippen LogP contribution >= 0.6 is 0 Å². The van der Waals surface area contributed by atoms with E-state index in [0.29, 0.717) is 19.4 Å². The minimum Gasteiger partial charge on any atom is -0.340 e. The van der Waals surface area contributed by atoms with E-state index in [-0.39, 0.29) is 19.0 Å². The van der Waals surface area contributed by atoms with Crippen molar-refractivity contribution in [1.29, 1.82) is 0 Å². The lowest BCUT2D eigenvalue weighted by atomic mass is 9.94. The molecule has 1 aliphatic rings. The zero-order valence-corrected chi connectivity index (χ0v) is 13.2. The van der Waals surface area contributed by atoms with E-state index in [9.17, 15) is 22.8 Å². The first-order valence-corrected chi connectivity index (χ1v) is 7.39. The van der Waals surface area contributed by atoms with Gasteiger partial charge in [0.1, 0.15) is 6.54 Å². The smallest absolute Gasteiger partial charge is 0.340 e. The van der Waals surface area contributed by atoms with E-state index in [1.165, 1.54) is 11.8 Å². The largest absolute Gasteiger partial charge is 0.406 e. The molecule has 1 aliphatic heterocycles. The Labute approximate surface area is 128 Å². The highest BCUT2D eigenvalue weighted by atomic mass is 19.4. The molecular weight excluding hydrogens is 299 g/mol. The lowest BCUT2D eigenvalue weighted by Gasteiger charge is -2.37. The molecule has 128 valence electrons. The molecule has 8 heteroatoms. The second-order valence-corrected chi connectivity index (χ2v) is 6.28. The Morgan fingerprint density at radius 1 is 1.32 bits per heavy atom. The molecule has 1 atom stereocenters. The van der Waals surface area contributed by atoms with Crippen LogP contribution in [0.2, 0.25) is 0 Å². The molecule has 2 amide bonds. The number of piperidine rings is 1. The Kier molecular flexibility index (Phi) is 5.83. The minimum absolute atomic E-state index is 0.00876. The van der Waals surface area contributed by atoms with Crippen LogP contribution in [0.5, 0.6) is 0 Å². The monoisotopic (exact) mass is 323 g/mol. The minimum atomic E-state index is -4.42. The summed E-state index contributed by atoms with van der Waals surface area (Å²) in [6.07, 6.45) is -3.35. The quantitative estimate of drug-likeness (QED) is 0.850. The van der Waals surface area contributed by atoms with E-state index < -0.39 is 30.1 Å². The van der Waals surface area contributed by atoms with Crippen molar-refractivity contribution in [3.05, 3.63) is 0 Å². The van der Waals surface area contributed by atoms with Crippen molar-refractivity contribution in [2.24, 2.45) is 11.7 Å². The van der Waals surface area contributed by atoms with E-state index in [0.717, 1.165) is 4.90 Å². The third-order valence-corrected chi connectivity index (χ3v) is 3.67. The third kappa shape index (κ3) is 5.15. The third-order valence-electron chi connectivity index (χ3n) is 3.67. The number of rotatable bonds is 4. The van der Waals surface area contributed by atoms with Gasteiger partial charge in [0, 0.05) is 19.6 Å². The first-order valence-electron chi connectivity index (χ1n) is 7.39. The molecule has 0 aromatic carbocycles. The van der Waals surface area contributed by atoms with Crippen LogP contribution in [0.3, 0.4) is 0 Å². The van der Waals surface area contributed by atoms with Gasteiger partial charge in [-0.1, -0.05) is 0 Å². The van der Waals surface area contributed by atoms with E-state index in [2.05, 4.69) is 0 Å². The molecule has 0 saturated carbocycles. The maximum absolute atomic E-state index is 12.5. The Morgan fingerprint density at radius 3 is 2.36 bits per heavy atom.